The van der Waals surface area contributed by atoms with Crippen molar-refractivity contribution in [2.75, 3.05) is 32.6 Å². The Labute approximate surface area is 108 Å². The van der Waals surface area contributed by atoms with Gasteiger partial charge in [0.05, 0.1) is 5.41 Å². The smallest absolute Gasteiger partial charge is 0.237 e. The summed E-state index contributed by atoms with van der Waals surface area (Å²) < 4.78 is 0. The number of benzene rings is 1. The molecule has 0 saturated heterocycles. The second-order valence-electron chi connectivity index (χ2n) is 5.45. The van der Waals surface area contributed by atoms with Crippen molar-refractivity contribution < 1.29 is 9.90 Å². The van der Waals surface area contributed by atoms with Gasteiger partial charge in [0.2, 0.25) is 5.91 Å². The minimum Gasteiger partial charge on any atom is -0.508 e. The number of carbonyl (C=O) groups excluding carboxylic acids is 1. The van der Waals surface area contributed by atoms with Gasteiger partial charge in [0.1, 0.15) is 5.75 Å². The molecule has 1 N–H and O–H groups in total. The molecule has 0 saturated carbocycles. The van der Waals surface area contributed by atoms with E-state index in [-0.39, 0.29) is 11.7 Å². The number of phenolic OH excluding ortho intramolecular Hbond substituents is 1. The quantitative estimate of drug-likeness (QED) is 0.883. The SMILES string of the molecule is CN(C)CC[C@]1(C)C(=O)N(C)c2ccc(O)cc21. The van der Waals surface area contributed by atoms with Crippen LogP contribution in [0.25, 0.3) is 0 Å². The number of phenols is 1. The normalized spacial score (nSPS) is 22.7. The average molecular weight is 248 g/mol. The number of aromatic hydroxyl groups is 1. The third kappa shape index (κ3) is 1.86. The Morgan fingerprint density at radius 2 is 2.06 bits per heavy atom. The molecule has 0 spiro atoms. The van der Waals surface area contributed by atoms with Crippen molar-refractivity contribution in [1.82, 2.24) is 4.90 Å². The predicted octanol–water partition coefficient (Wildman–Crippen LogP) is 1.58. The van der Waals surface area contributed by atoms with E-state index in [4.69, 9.17) is 0 Å². The maximum atomic E-state index is 12.4. The van der Waals surface area contributed by atoms with Gasteiger partial charge in [-0.25, -0.2) is 0 Å². The first-order chi connectivity index (χ1) is 8.36. The molecule has 0 fully saturated rings. The maximum absolute atomic E-state index is 12.4. The summed E-state index contributed by atoms with van der Waals surface area (Å²) in [6, 6.07) is 5.15. The standard InChI is InChI=1S/C14H20N2O2/c1-14(7-8-15(2)3)11-9-10(17)5-6-12(11)16(4)13(14)18/h5-6,9,17H,7-8H2,1-4H3/t14-/m0/s1. The molecule has 18 heavy (non-hydrogen) atoms. The number of amides is 1. The van der Waals surface area contributed by atoms with Gasteiger partial charge < -0.3 is 14.9 Å². The highest BCUT2D eigenvalue weighted by Crippen LogP contribution is 2.44. The lowest BCUT2D eigenvalue weighted by Gasteiger charge is -2.25. The molecule has 1 atom stereocenters. The second kappa shape index (κ2) is 4.28. The summed E-state index contributed by atoms with van der Waals surface area (Å²) >= 11 is 0. The van der Waals surface area contributed by atoms with Gasteiger partial charge in [-0.3, -0.25) is 4.79 Å². The number of hydrogen-bond acceptors (Lipinski definition) is 3. The minimum atomic E-state index is -0.535. The topological polar surface area (TPSA) is 43.8 Å². The minimum absolute atomic E-state index is 0.102. The van der Waals surface area contributed by atoms with E-state index < -0.39 is 5.41 Å². The van der Waals surface area contributed by atoms with Crippen molar-refractivity contribution in [1.29, 1.82) is 0 Å². The molecule has 1 aliphatic rings. The van der Waals surface area contributed by atoms with Crippen LogP contribution in [0.1, 0.15) is 18.9 Å². The summed E-state index contributed by atoms with van der Waals surface area (Å²) in [6.07, 6.45) is 0.750. The van der Waals surface area contributed by atoms with Crippen LogP contribution in [-0.2, 0) is 10.2 Å². The van der Waals surface area contributed by atoms with Gasteiger partial charge in [-0.1, -0.05) is 0 Å². The molecule has 0 aliphatic carbocycles. The van der Waals surface area contributed by atoms with Gasteiger partial charge in [-0.2, -0.15) is 0 Å². The highest BCUT2D eigenvalue weighted by molar-refractivity contribution is 6.07. The van der Waals surface area contributed by atoms with Crippen LogP contribution >= 0.6 is 0 Å². The van der Waals surface area contributed by atoms with Crippen molar-refractivity contribution in [3.63, 3.8) is 0 Å². The average Bonchev–Trinajstić information content (AvgIpc) is 2.50. The van der Waals surface area contributed by atoms with E-state index in [1.807, 2.05) is 27.1 Å². The lowest BCUT2D eigenvalue weighted by Crippen LogP contribution is -2.38. The van der Waals surface area contributed by atoms with E-state index >= 15 is 0 Å². The van der Waals surface area contributed by atoms with Gasteiger partial charge in [0.15, 0.2) is 0 Å². The zero-order chi connectivity index (χ0) is 13.5. The fraction of sp³-hybridized carbons (Fsp3) is 0.500. The predicted molar refractivity (Wildman–Crippen MR) is 72.0 cm³/mol. The molecule has 1 aromatic rings. The van der Waals surface area contributed by atoms with Gasteiger partial charge in [0.25, 0.3) is 0 Å². The first kappa shape index (κ1) is 12.9. The zero-order valence-electron chi connectivity index (χ0n) is 11.4. The summed E-state index contributed by atoms with van der Waals surface area (Å²) in [5.41, 5.74) is 1.29. The lowest BCUT2D eigenvalue weighted by molar-refractivity contribution is -0.122. The van der Waals surface area contributed by atoms with Crippen molar-refractivity contribution in [2.45, 2.75) is 18.8 Å². The van der Waals surface area contributed by atoms with Gasteiger partial charge >= 0.3 is 0 Å². The molecule has 4 nitrogen and oxygen atoms in total. The molecule has 0 bridgehead atoms. The number of anilines is 1. The van der Waals surface area contributed by atoms with Crippen LogP contribution in [0.3, 0.4) is 0 Å². The van der Waals surface area contributed by atoms with E-state index in [1.54, 1.807) is 24.1 Å². The first-order valence-corrected chi connectivity index (χ1v) is 6.12. The Kier molecular flexibility index (Phi) is 3.07. The monoisotopic (exact) mass is 248 g/mol. The summed E-state index contributed by atoms with van der Waals surface area (Å²) in [5.74, 6) is 0.317. The van der Waals surface area contributed by atoms with Gasteiger partial charge in [-0.15, -0.1) is 0 Å². The van der Waals surface area contributed by atoms with E-state index in [0.29, 0.717) is 0 Å². The second-order valence-corrected chi connectivity index (χ2v) is 5.45. The Bertz CT molecular complexity index is 485. The molecule has 0 radical (unpaired) electrons. The zero-order valence-corrected chi connectivity index (χ0v) is 11.4. The molecular formula is C14H20N2O2. The Hall–Kier alpha value is -1.55. The number of fused-ring (bicyclic) bond motifs is 1. The van der Waals surface area contributed by atoms with Crippen LogP contribution in [0, 0.1) is 0 Å². The van der Waals surface area contributed by atoms with Gasteiger partial charge in [-0.05, 0) is 57.7 Å². The summed E-state index contributed by atoms with van der Waals surface area (Å²) in [4.78, 5) is 16.2. The van der Waals surface area contributed by atoms with Crippen LogP contribution in [0.4, 0.5) is 5.69 Å². The van der Waals surface area contributed by atoms with Gasteiger partial charge in [0, 0.05) is 12.7 Å². The summed E-state index contributed by atoms with van der Waals surface area (Å²) in [6.45, 7) is 2.80. The molecule has 0 aromatic heterocycles. The highest BCUT2D eigenvalue weighted by Gasteiger charge is 2.45. The first-order valence-electron chi connectivity index (χ1n) is 6.12. The van der Waals surface area contributed by atoms with E-state index in [1.165, 1.54) is 0 Å². The van der Waals surface area contributed by atoms with E-state index in [0.717, 1.165) is 24.2 Å². The fourth-order valence-corrected chi connectivity index (χ4v) is 2.54. The molecule has 1 aromatic carbocycles. The number of nitrogens with zero attached hydrogens (tertiary/aromatic N) is 2. The molecule has 1 aliphatic heterocycles. The van der Waals surface area contributed by atoms with Crippen LogP contribution < -0.4 is 4.90 Å². The molecule has 1 heterocycles. The summed E-state index contributed by atoms with van der Waals surface area (Å²) in [5, 5.41) is 9.64. The van der Waals surface area contributed by atoms with Crippen molar-refractivity contribution >= 4 is 11.6 Å². The van der Waals surface area contributed by atoms with Crippen LogP contribution in [0.15, 0.2) is 18.2 Å². The number of hydrogen-bond donors (Lipinski definition) is 1. The molecule has 0 unspecified atom stereocenters. The Morgan fingerprint density at radius 3 is 2.67 bits per heavy atom. The summed E-state index contributed by atoms with van der Waals surface area (Å²) in [7, 11) is 5.78. The van der Waals surface area contributed by atoms with E-state index in [2.05, 4.69) is 4.90 Å². The van der Waals surface area contributed by atoms with E-state index in [9.17, 15) is 9.90 Å². The molecule has 1 amide bonds. The number of rotatable bonds is 3. The largest absolute Gasteiger partial charge is 0.508 e. The lowest BCUT2D eigenvalue weighted by atomic mass is 9.80. The third-order valence-electron chi connectivity index (χ3n) is 3.77. The van der Waals surface area contributed by atoms with Crippen molar-refractivity contribution in [2.24, 2.45) is 0 Å². The van der Waals surface area contributed by atoms with Crippen LogP contribution in [-0.4, -0.2) is 43.6 Å². The Morgan fingerprint density at radius 1 is 1.39 bits per heavy atom. The maximum Gasteiger partial charge on any atom is 0.237 e. The molecule has 2 rings (SSSR count). The third-order valence-corrected chi connectivity index (χ3v) is 3.77. The highest BCUT2D eigenvalue weighted by atomic mass is 16.3. The van der Waals surface area contributed by atoms with Crippen molar-refractivity contribution in [3.05, 3.63) is 23.8 Å². The van der Waals surface area contributed by atoms with Crippen LogP contribution in [0.5, 0.6) is 5.75 Å². The molecule has 4 heteroatoms. The Balaban J connectivity index is 2.43. The number of carbonyl (C=O) groups is 1. The molecule has 98 valence electrons. The van der Waals surface area contributed by atoms with Crippen LogP contribution in [0.2, 0.25) is 0 Å². The molecular weight excluding hydrogens is 228 g/mol. The number of likely N-dealkylation sites (N-methyl/N-ethyl adjacent to an activating group) is 1. The van der Waals surface area contributed by atoms with Crippen molar-refractivity contribution in [3.8, 4) is 5.75 Å². The fourth-order valence-electron chi connectivity index (χ4n) is 2.54.